The van der Waals surface area contributed by atoms with E-state index < -0.39 is 5.82 Å². The first-order valence-corrected chi connectivity index (χ1v) is 10.6. The topological polar surface area (TPSA) is 96.8 Å². The van der Waals surface area contributed by atoms with Crippen LogP contribution in [-0.4, -0.2) is 25.7 Å². The molecule has 0 saturated heterocycles. The molecular formula is C23H19BrFN7O. The summed E-state index contributed by atoms with van der Waals surface area (Å²) in [5.41, 5.74) is 3.17. The Bertz CT molecular complexity index is 1340. The molecule has 0 spiro atoms. The van der Waals surface area contributed by atoms with Gasteiger partial charge in [0.1, 0.15) is 11.6 Å². The molecule has 0 aliphatic rings. The Morgan fingerprint density at radius 3 is 2.67 bits per heavy atom. The van der Waals surface area contributed by atoms with Crippen molar-refractivity contribution in [2.24, 2.45) is 7.05 Å². The van der Waals surface area contributed by atoms with Crippen LogP contribution >= 0.6 is 15.9 Å². The average Bonchev–Trinajstić information content (AvgIpc) is 3.20. The lowest BCUT2D eigenvalue weighted by atomic mass is 10.1. The van der Waals surface area contributed by atoms with Crippen molar-refractivity contribution in [1.29, 1.82) is 0 Å². The molecule has 0 unspecified atom stereocenters. The second-order valence-electron chi connectivity index (χ2n) is 7.01. The largest absolute Gasteiger partial charge is 0.339 e. The van der Waals surface area contributed by atoms with Gasteiger partial charge in [-0.1, -0.05) is 18.7 Å². The van der Waals surface area contributed by atoms with Gasteiger partial charge in [0.15, 0.2) is 0 Å². The molecule has 0 atom stereocenters. The van der Waals surface area contributed by atoms with Gasteiger partial charge in [-0.05, 0) is 57.9 Å². The van der Waals surface area contributed by atoms with Crippen LogP contribution < -0.4 is 16.0 Å². The molecule has 0 bridgehead atoms. The lowest BCUT2D eigenvalue weighted by molar-refractivity contribution is -0.111. The molecule has 2 aromatic heterocycles. The molecule has 2 heterocycles. The average molecular weight is 508 g/mol. The number of aryl methyl sites for hydroxylation is 1. The minimum atomic E-state index is -0.398. The molecule has 0 aliphatic heterocycles. The van der Waals surface area contributed by atoms with Crippen molar-refractivity contribution in [1.82, 2.24) is 19.7 Å². The summed E-state index contributed by atoms with van der Waals surface area (Å²) < 4.78 is 16.2. The number of aromatic nitrogens is 4. The number of hydrogen-bond acceptors (Lipinski definition) is 6. The highest BCUT2D eigenvalue weighted by Gasteiger charge is 2.13. The first-order valence-electron chi connectivity index (χ1n) is 9.80. The summed E-state index contributed by atoms with van der Waals surface area (Å²) in [7, 11) is 1.81. The maximum absolute atomic E-state index is 14.2. The molecule has 0 radical (unpaired) electrons. The van der Waals surface area contributed by atoms with E-state index in [1.165, 1.54) is 12.1 Å². The van der Waals surface area contributed by atoms with Gasteiger partial charge in [0.2, 0.25) is 11.9 Å². The normalized spacial score (nSPS) is 10.5. The minimum Gasteiger partial charge on any atom is -0.339 e. The second kappa shape index (κ2) is 9.61. The minimum absolute atomic E-state index is 0.317. The van der Waals surface area contributed by atoms with Crippen LogP contribution in [0.15, 0.2) is 78.2 Å². The fourth-order valence-corrected chi connectivity index (χ4v) is 3.28. The van der Waals surface area contributed by atoms with Crippen LogP contribution in [0.1, 0.15) is 0 Å². The van der Waals surface area contributed by atoms with E-state index in [-0.39, 0.29) is 5.91 Å². The first kappa shape index (κ1) is 22.2. The molecule has 1 amide bonds. The predicted octanol–water partition coefficient (Wildman–Crippen LogP) is 5.39. The van der Waals surface area contributed by atoms with E-state index in [1.54, 1.807) is 53.6 Å². The maximum Gasteiger partial charge on any atom is 0.247 e. The van der Waals surface area contributed by atoms with E-state index in [9.17, 15) is 9.18 Å². The molecule has 8 nitrogen and oxygen atoms in total. The third kappa shape index (κ3) is 5.42. The smallest absolute Gasteiger partial charge is 0.247 e. The lowest BCUT2D eigenvalue weighted by Gasteiger charge is -2.14. The highest BCUT2D eigenvalue weighted by Crippen LogP contribution is 2.32. The van der Waals surface area contributed by atoms with Gasteiger partial charge in [-0.15, -0.1) is 0 Å². The molecule has 0 aliphatic carbocycles. The Morgan fingerprint density at radius 1 is 1.12 bits per heavy atom. The number of hydrogen-bond donors (Lipinski definition) is 3. The zero-order chi connectivity index (χ0) is 23.4. The molecule has 4 rings (SSSR count). The van der Waals surface area contributed by atoms with E-state index in [0.29, 0.717) is 38.7 Å². The van der Waals surface area contributed by atoms with Gasteiger partial charge < -0.3 is 16.0 Å². The van der Waals surface area contributed by atoms with Crippen molar-refractivity contribution in [3.8, 4) is 11.1 Å². The van der Waals surface area contributed by atoms with Gasteiger partial charge >= 0.3 is 0 Å². The summed E-state index contributed by atoms with van der Waals surface area (Å²) in [6, 6.07) is 11.9. The fraction of sp³-hybridized carbons (Fsp3) is 0.0435. The molecule has 4 aromatic rings. The van der Waals surface area contributed by atoms with Crippen molar-refractivity contribution in [2.75, 3.05) is 16.0 Å². The van der Waals surface area contributed by atoms with E-state index in [1.807, 2.05) is 13.1 Å². The summed E-state index contributed by atoms with van der Waals surface area (Å²) in [6.45, 7) is 3.46. The van der Waals surface area contributed by atoms with Crippen molar-refractivity contribution < 1.29 is 9.18 Å². The van der Waals surface area contributed by atoms with E-state index in [4.69, 9.17) is 0 Å². The standard InChI is InChI=1S/C23H19BrFN7O/c1-3-21(33)28-15-5-4-6-16(10-15)29-22-18(14-7-8-19(24)20(25)9-14)12-26-23(31-22)30-17-11-27-32(2)13-17/h3-13H,1H2,2H3,(H,28,33)(H2,26,29,30,31). The van der Waals surface area contributed by atoms with Gasteiger partial charge in [0.25, 0.3) is 0 Å². The number of carbonyl (C=O) groups excluding carboxylic acids is 1. The molecule has 0 saturated carbocycles. The van der Waals surface area contributed by atoms with Crippen LogP contribution in [0.2, 0.25) is 0 Å². The SMILES string of the molecule is C=CC(=O)Nc1cccc(Nc2nc(Nc3cnn(C)c3)ncc2-c2ccc(Br)c(F)c2)c1. The summed E-state index contributed by atoms with van der Waals surface area (Å²) in [5.74, 6) is 0.0709. The molecule has 3 N–H and O–H groups in total. The fourth-order valence-electron chi connectivity index (χ4n) is 3.03. The highest BCUT2D eigenvalue weighted by molar-refractivity contribution is 9.10. The van der Waals surface area contributed by atoms with Gasteiger partial charge in [0, 0.05) is 36.4 Å². The zero-order valence-corrected chi connectivity index (χ0v) is 19.1. The summed E-state index contributed by atoms with van der Waals surface area (Å²) >= 11 is 3.18. The molecule has 2 aromatic carbocycles. The lowest BCUT2D eigenvalue weighted by Crippen LogP contribution is -2.07. The van der Waals surface area contributed by atoms with E-state index in [2.05, 4.69) is 53.5 Å². The number of halogens is 2. The van der Waals surface area contributed by atoms with Crippen molar-refractivity contribution in [3.05, 3.63) is 84.0 Å². The molecule has 10 heteroatoms. The number of amides is 1. The number of nitrogens with zero attached hydrogens (tertiary/aromatic N) is 4. The molecule has 33 heavy (non-hydrogen) atoms. The van der Waals surface area contributed by atoms with Crippen LogP contribution in [-0.2, 0) is 11.8 Å². The van der Waals surface area contributed by atoms with Gasteiger partial charge in [0.05, 0.1) is 16.4 Å². The number of anilines is 5. The highest BCUT2D eigenvalue weighted by atomic mass is 79.9. The third-order valence-corrected chi connectivity index (χ3v) is 5.20. The quantitative estimate of drug-likeness (QED) is 0.290. The molecule has 0 fully saturated rings. The Hall–Kier alpha value is -4.05. The Balaban J connectivity index is 1.71. The van der Waals surface area contributed by atoms with E-state index in [0.717, 1.165) is 5.69 Å². The number of nitrogens with one attached hydrogen (secondary N) is 3. The summed E-state index contributed by atoms with van der Waals surface area (Å²) in [5, 5.41) is 13.2. The van der Waals surface area contributed by atoms with Crippen LogP contribution in [0.5, 0.6) is 0 Å². The van der Waals surface area contributed by atoms with Crippen LogP contribution in [0.4, 0.5) is 33.2 Å². The second-order valence-corrected chi connectivity index (χ2v) is 7.87. The third-order valence-electron chi connectivity index (χ3n) is 4.56. The summed E-state index contributed by atoms with van der Waals surface area (Å²) in [6.07, 6.45) is 6.25. The van der Waals surface area contributed by atoms with Gasteiger partial charge in [-0.3, -0.25) is 9.48 Å². The van der Waals surface area contributed by atoms with Crippen molar-refractivity contribution >= 4 is 50.7 Å². The predicted molar refractivity (Wildman–Crippen MR) is 130 cm³/mol. The maximum atomic E-state index is 14.2. The van der Waals surface area contributed by atoms with Crippen LogP contribution in [0.25, 0.3) is 11.1 Å². The van der Waals surface area contributed by atoms with Gasteiger partial charge in [-0.25, -0.2) is 9.37 Å². The Kier molecular flexibility index (Phi) is 6.45. The molecule has 166 valence electrons. The Labute approximate surface area is 197 Å². The monoisotopic (exact) mass is 507 g/mol. The zero-order valence-electron chi connectivity index (χ0n) is 17.5. The van der Waals surface area contributed by atoms with Crippen LogP contribution in [0, 0.1) is 5.82 Å². The van der Waals surface area contributed by atoms with Gasteiger partial charge in [-0.2, -0.15) is 10.1 Å². The number of benzene rings is 2. The van der Waals surface area contributed by atoms with Crippen molar-refractivity contribution in [3.63, 3.8) is 0 Å². The Morgan fingerprint density at radius 2 is 1.94 bits per heavy atom. The van der Waals surface area contributed by atoms with Crippen LogP contribution in [0.3, 0.4) is 0 Å². The first-order chi connectivity index (χ1) is 15.9. The summed E-state index contributed by atoms with van der Waals surface area (Å²) in [4.78, 5) is 20.6. The van der Waals surface area contributed by atoms with E-state index >= 15 is 0 Å². The number of carbonyl (C=O) groups is 1. The number of rotatable bonds is 7. The van der Waals surface area contributed by atoms with Crippen molar-refractivity contribution in [2.45, 2.75) is 0 Å². The molecular weight excluding hydrogens is 489 g/mol.